The number of carbonyl (C=O) groups excluding carboxylic acids is 3. The van der Waals surface area contributed by atoms with Gasteiger partial charge in [0.2, 0.25) is 17.7 Å². The maximum atomic E-state index is 13.8. The summed E-state index contributed by atoms with van der Waals surface area (Å²) < 4.78 is 0. The number of carboxylic acid groups (broad SMARTS) is 1. The minimum atomic E-state index is -1.12. The summed E-state index contributed by atoms with van der Waals surface area (Å²) in [5.41, 5.74) is 7.74. The van der Waals surface area contributed by atoms with Crippen LogP contribution >= 0.6 is 0 Å². The van der Waals surface area contributed by atoms with E-state index in [9.17, 15) is 29.4 Å². The van der Waals surface area contributed by atoms with Gasteiger partial charge in [-0.15, -0.1) is 0 Å². The van der Waals surface area contributed by atoms with Crippen molar-refractivity contribution < 1.29 is 29.4 Å². The number of aliphatic carboxylic acids is 1. The first-order valence-corrected chi connectivity index (χ1v) is 13.3. The van der Waals surface area contributed by atoms with Gasteiger partial charge in [-0.2, -0.15) is 0 Å². The van der Waals surface area contributed by atoms with Gasteiger partial charge in [-0.25, -0.2) is 4.79 Å². The van der Waals surface area contributed by atoms with Crippen molar-refractivity contribution in [2.75, 3.05) is 6.54 Å². The number of nitrogens with zero attached hydrogens (tertiary/aromatic N) is 1. The molecule has 0 aromatic heterocycles. The van der Waals surface area contributed by atoms with Gasteiger partial charge >= 0.3 is 5.97 Å². The second-order valence-corrected chi connectivity index (χ2v) is 10.4. The molecule has 4 unspecified atom stereocenters. The number of carboxylic acids is 1. The number of rotatable bonds is 12. The molecule has 2 aromatic carbocycles. The number of phenolic OH excluding ortho intramolecular Hbond substituents is 1. The number of hydrogen-bond acceptors (Lipinski definition) is 6. The molecule has 1 heterocycles. The second kappa shape index (κ2) is 13.7. The van der Waals surface area contributed by atoms with Gasteiger partial charge in [-0.1, -0.05) is 56.3 Å². The summed E-state index contributed by atoms with van der Waals surface area (Å²) in [6.07, 6.45) is 1.66. The molecule has 4 atom stereocenters. The predicted octanol–water partition coefficient (Wildman–Crippen LogP) is 1.60. The molecule has 10 nitrogen and oxygen atoms in total. The van der Waals surface area contributed by atoms with Crippen LogP contribution in [0.2, 0.25) is 0 Å². The number of nitrogens with one attached hydrogen (secondary N) is 2. The molecule has 0 bridgehead atoms. The molecule has 0 saturated carbocycles. The van der Waals surface area contributed by atoms with E-state index in [0.717, 1.165) is 11.1 Å². The molecule has 10 heteroatoms. The van der Waals surface area contributed by atoms with E-state index in [4.69, 9.17) is 5.73 Å². The Balaban J connectivity index is 1.75. The van der Waals surface area contributed by atoms with Crippen LogP contribution in [0.15, 0.2) is 54.6 Å². The van der Waals surface area contributed by atoms with E-state index in [0.29, 0.717) is 19.4 Å². The number of benzene rings is 2. The maximum Gasteiger partial charge on any atom is 0.326 e. The number of aromatic hydroxyl groups is 1. The zero-order chi connectivity index (χ0) is 28.5. The first kappa shape index (κ1) is 29.6. The van der Waals surface area contributed by atoms with E-state index in [1.165, 1.54) is 17.0 Å². The molecule has 1 aliphatic heterocycles. The average Bonchev–Trinajstić information content (AvgIpc) is 3.39. The molecule has 0 spiro atoms. The highest BCUT2D eigenvalue weighted by molar-refractivity contribution is 5.94. The Labute approximate surface area is 228 Å². The van der Waals surface area contributed by atoms with Crippen LogP contribution in [-0.4, -0.2) is 69.5 Å². The molecule has 1 saturated heterocycles. The maximum absolute atomic E-state index is 13.8. The molecular weight excluding hydrogens is 500 g/mol. The Bertz CT molecular complexity index is 1140. The zero-order valence-corrected chi connectivity index (χ0v) is 22.4. The van der Waals surface area contributed by atoms with Crippen LogP contribution in [0.5, 0.6) is 5.75 Å². The molecule has 3 amide bonds. The summed E-state index contributed by atoms with van der Waals surface area (Å²) >= 11 is 0. The van der Waals surface area contributed by atoms with E-state index in [2.05, 4.69) is 10.6 Å². The van der Waals surface area contributed by atoms with E-state index in [1.54, 1.807) is 12.1 Å². The third kappa shape index (κ3) is 8.54. The fourth-order valence-corrected chi connectivity index (χ4v) is 4.77. The van der Waals surface area contributed by atoms with Gasteiger partial charge in [0.15, 0.2) is 0 Å². The number of nitrogens with two attached hydrogens (primary N) is 1. The van der Waals surface area contributed by atoms with Crippen molar-refractivity contribution in [3.8, 4) is 5.75 Å². The molecule has 6 N–H and O–H groups in total. The third-order valence-corrected chi connectivity index (χ3v) is 6.79. The van der Waals surface area contributed by atoms with Crippen molar-refractivity contribution in [2.45, 2.75) is 70.1 Å². The monoisotopic (exact) mass is 538 g/mol. The lowest BCUT2D eigenvalue weighted by atomic mass is 10.0. The summed E-state index contributed by atoms with van der Waals surface area (Å²) in [6, 6.07) is 11.8. The number of likely N-dealkylation sites (tertiary alicyclic amines) is 1. The smallest absolute Gasteiger partial charge is 0.326 e. The van der Waals surface area contributed by atoms with Crippen molar-refractivity contribution in [3.05, 3.63) is 65.7 Å². The van der Waals surface area contributed by atoms with Crippen molar-refractivity contribution in [3.63, 3.8) is 0 Å². The van der Waals surface area contributed by atoms with Crippen molar-refractivity contribution in [1.82, 2.24) is 15.5 Å². The molecule has 39 heavy (non-hydrogen) atoms. The van der Waals surface area contributed by atoms with Crippen LogP contribution in [0, 0.1) is 5.92 Å². The van der Waals surface area contributed by atoms with Crippen LogP contribution in [0.25, 0.3) is 0 Å². The SMILES string of the molecule is CC(C)CC(NC(=O)C1CCCN1C(=O)C(Cc1ccccc1)NC(=O)C(N)Cc1ccc(O)cc1)C(=O)O. The summed E-state index contributed by atoms with van der Waals surface area (Å²) in [7, 11) is 0. The van der Waals surface area contributed by atoms with E-state index >= 15 is 0 Å². The Hall–Kier alpha value is -3.92. The van der Waals surface area contributed by atoms with Crippen molar-refractivity contribution >= 4 is 23.7 Å². The van der Waals surface area contributed by atoms with Gasteiger partial charge < -0.3 is 31.5 Å². The highest BCUT2D eigenvalue weighted by Gasteiger charge is 2.39. The molecule has 1 aliphatic rings. The molecular formula is C29H38N4O6. The largest absolute Gasteiger partial charge is 0.508 e. The van der Waals surface area contributed by atoms with Gasteiger partial charge in [0.1, 0.15) is 23.9 Å². The standard InChI is InChI=1S/C29H38N4O6/c1-18(2)15-24(29(38)39)32-27(36)25-9-6-14-33(25)28(37)23(17-19-7-4-3-5-8-19)31-26(35)22(30)16-20-10-12-21(34)13-11-20/h3-5,7-8,10-13,18,22-25,34H,6,9,14-17,30H2,1-2H3,(H,31,35)(H,32,36)(H,38,39). The number of hydrogen-bond donors (Lipinski definition) is 5. The third-order valence-electron chi connectivity index (χ3n) is 6.79. The predicted molar refractivity (Wildman–Crippen MR) is 146 cm³/mol. The quantitative estimate of drug-likeness (QED) is 0.274. The van der Waals surface area contributed by atoms with Gasteiger partial charge in [-0.3, -0.25) is 14.4 Å². The summed E-state index contributed by atoms with van der Waals surface area (Å²) in [6.45, 7) is 4.06. The van der Waals surface area contributed by atoms with Crippen LogP contribution in [-0.2, 0) is 32.0 Å². The fourth-order valence-electron chi connectivity index (χ4n) is 4.77. The van der Waals surface area contributed by atoms with Gasteiger partial charge in [0.05, 0.1) is 6.04 Å². The second-order valence-electron chi connectivity index (χ2n) is 10.4. The van der Waals surface area contributed by atoms with Gasteiger partial charge in [0.25, 0.3) is 0 Å². The van der Waals surface area contributed by atoms with Crippen LogP contribution in [0.3, 0.4) is 0 Å². The summed E-state index contributed by atoms with van der Waals surface area (Å²) in [5.74, 6) is -2.40. The molecule has 0 aliphatic carbocycles. The Morgan fingerprint density at radius 2 is 1.59 bits per heavy atom. The van der Waals surface area contributed by atoms with E-state index < -0.39 is 47.9 Å². The lowest BCUT2D eigenvalue weighted by molar-refractivity contribution is -0.145. The van der Waals surface area contributed by atoms with E-state index in [-0.39, 0.29) is 30.9 Å². The first-order valence-electron chi connectivity index (χ1n) is 13.3. The lowest BCUT2D eigenvalue weighted by Gasteiger charge is -2.30. The van der Waals surface area contributed by atoms with Gasteiger partial charge in [-0.05, 0) is 54.9 Å². The molecule has 210 valence electrons. The number of amides is 3. The van der Waals surface area contributed by atoms with Crippen LogP contribution < -0.4 is 16.4 Å². The summed E-state index contributed by atoms with van der Waals surface area (Å²) in [5, 5.41) is 24.4. The Morgan fingerprint density at radius 3 is 2.21 bits per heavy atom. The van der Waals surface area contributed by atoms with Crippen LogP contribution in [0.1, 0.15) is 44.2 Å². The summed E-state index contributed by atoms with van der Waals surface area (Å²) in [4.78, 5) is 53.0. The minimum Gasteiger partial charge on any atom is -0.508 e. The molecule has 1 fully saturated rings. The number of phenols is 1. The Kier molecular flexibility index (Phi) is 10.4. The molecule has 3 rings (SSSR count). The highest BCUT2D eigenvalue weighted by atomic mass is 16.4. The average molecular weight is 539 g/mol. The number of carbonyl (C=O) groups is 4. The van der Waals surface area contributed by atoms with Crippen LogP contribution in [0.4, 0.5) is 0 Å². The zero-order valence-electron chi connectivity index (χ0n) is 22.4. The van der Waals surface area contributed by atoms with Gasteiger partial charge in [0, 0.05) is 13.0 Å². The molecule has 0 radical (unpaired) electrons. The Morgan fingerprint density at radius 1 is 0.949 bits per heavy atom. The normalized spacial score (nSPS) is 17.3. The lowest BCUT2D eigenvalue weighted by Crippen LogP contribution is -2.57. The minimum absolute atomic E-state index is 0.0592. The highest BCUT2D eigenvalue weighted by Crippen LogP contribution is 2.21. The molecule has 2 aromatic rings. The van der Waals surface area contributed by atoms with Crippen molar-refractivity contribution in [2.24, 2.45) is 11.7 Å². The fraction of sp³-hybridized carbons (Fsp3) is 0.448. The van der Waals surface area contributed by atoms with Crippen molar-refractivity contribution in [1.29, 1.82) is 0 Å². The first-order chi connectivity index (χ1) is 18.5. The van der Waals surface area contributed by atoms with E-state index in [1.807, 2.05) is 44.2 Å². The topological polar surface area (TPSA) is 162 Å².